The third kappa shape index (κ3) is 3.70. The van der Waals surface area contributed by atoms with Gasteiger partial charge in [-0.2, -0.15) is 4.98 Å². The van der Waals surface area contributed by atoms with E-state index in [1.54, 1.807) is 17.4 Å². The first-order valence-electron chi connectivity index (χ1n) is 10.2. The highest BCUT2D eigenvalue weighted by Crippen LogP contribution is 2.28. The summed E-state index contributed by atoms with van der Waals surface area (Å²) in [6.45, 7) is 5.36. The van der Waals surface area contributed by atoms with Crippen molar-refractivity contribution in [3.8, 4) is 11.5 Å². The smallest absolute Gasteiger partial charge is 0.257 e. The number of rotatable bonds is 4. The maximum absolute atomic E-state index is 13.0. The molecule has 0 aliphatic carbocycles. The van der Waals surface area contributed by atoms with Gasteiger partial charge in [-0.15, -0.1) is 0 Å². The molecular formula is C23H22N4O4. The highest BCUT2D eigenvalue weighted by atomic mass is 16.5. The number of ether oxygens (including phenoxy) is 1. The molecule has 1 aromatic carbocycles. The van der Waals surface area contributed by atoms with Gasteiger partial charge in [0.25, 0.3) is 5.89 Å². The van der Waals surface area contributed by atoms with Crippen LogP contribution in [0.2, 0.25) is 0 Å². The molecule has 1 atom stereocenters. The number of furan rings is 1. The Balaban J connectivity index is 1.30. The summed E-state index contributed by atoms with van der Waals surface area (Å²) in [5.74, 6) is 0.759. The average molecular weight is 418 g/mol. The third-order valence-corrected chi connectivity index (χ3v) is 5.71. The van der Waals surface area contributed by atoms with Crippen LogP contribution in [0.5, 0.6) is 0 Å². The van der Waals surface area contributed by atoms with Crippen LogP contribution < -0.4 is 0 Å². The van der Waals surface area contributed by atoms with Gasteiger partial charge < -0.3 is 18.6 Å². The van der Waals surface area contributed by atoms with E-state index in [1.165, 1.54) is 5.56 Å². The number of aryl methyl sites for hydroxylation is 2. The van der Waals surface area contributed by atoms with Crippen LogP contribution >= 0.6 is 0 Å². The number of nitrogens with zero attached hydrogens (tertiary/aromatic N) is 4. The third-order valence-electron chi connectivity index (χ3n) is 5.71. The van der Waals surface area contributed by atoms with E-state index in [0.29, 0.717) is 37.1 Å². The number of morpholine rings is 1. The summed E-state index contributed by atoms with van der Waals surface area (Å²) in [4.78, 5) is 23.4. The van der Waals surface area contributed by atoms with E-state index < -0.39 is 6.10 Å². The van der Waals surface area contributed by atoms with E-state index in [-0.39, 0.29) is 12.3 Å². The molecule has 8 heteroatoms. The van der Waals surface area contributed by atoms with Crippen molar-refractivity contribution >= 4 is 16.9 Å². The topological polar surface area (TPSA) is 94.5 Å². The summed E-state index contributed by atoms with van der Waals surface area (Å²) in [6.07, 6.45) is 3.16. The molecular weight excluding hydrogens is 396 g/mol. The fraction of sp³-hybridized carbons (Fsp3) is 0.304. The van der Waals surface area contributed by atoms with Crippen molar-refractivity contribution in [1.29, 1.82) is 0 Å². The molecule has 0 unspecified atom stereocenters. The van der Waals surface area contributed by atoms with Gasteiger partial charge in [0, 0.05) is 23.7 Å². The monoisotopic (exact) mass is 418 g/mol. The normalized spacial score (nSPS) is 16.7. The van der Waals surface area contributed by atoms with Gasteiger partial charge in [-0.1, -0.05) is 23.4 Å². The van der Waals surface area contributed by atoms with Crippen molar-refractivity contribution in [1.82, 2.24) is 20.0 Å². The number of amides is 1. The molecule has 4 aromatic rings. The highest BCUT2D eigenvalue weighted by Gasteiger charge is 2.30. The Hall–Kier alpha value is -3.52. The van der Waals surface area contributed by atoms with E-state index in [2.05, 4.69) is 21.2 Å². The quantitative estimate of drug-likeness (QED) is 0.499. The maximum Gasteiger partial charge on any atom is 0.257 e. The van der Waals surface area contributed by atoms with Crippen LogP contribution in [-0.2, 0) is 16.0 Å². The number of aromatic nitrogens is 3. The first kappa shape index (κ1) is 19.4. The summed E-state index contributed by atoms with van der Waals surface area (Å²) in [6, 6.07) is 9.57. The van der Waals surface area contributed by atoms with Crippen molar-refractivity contribution in [3.63, 3.8) is 0 Å². The first-order valence-corrected chi connectivity index (χ1v) is 10.2. The number of carbonyl (C=O) groups is 1. The zero-order chi connectivity index (χ0) is 21.4. The zero-order valence-corrected chi connectivity index (χ0v) is 17.4. The van der Waals surface area contributed by atoms with Gasteiger partial charge in [-0.05, 0) is 37.1 Å². The molecule has 1 aliphatic heterocycles. The fourth-order valence-electron chi connectivity index (χ4n) is 3.79. The van der Waals surface area contributed by atoms with Crippen LogP contribution in [-0.4, -0.2) is 45.6 Å². The van der Waals surface area contributed by atoms with Gasteiger partial charge in [-0.25, -0.2) is 0 Å². The van der Waals surface area contributed by atoms with Gasteiger partial charge in [0.05, 0.1) is 25.8 Å². The molecule has 1 saturated heterocycles. The van der Waals surface area contributed by atoms with E-state index in [0.717, 1.165) is 22.1 Å². The van der Waals surface area contributed by atoms with Crippen LogP contribution in [0, 0.1) is 13.8 Å². The van der Waals surface area contributed by atoms with Crippen LogP contribution in [0.4, 0.5) is 0 Å². The second-order valence-electron chi connectivity index (χ2n) is 7.69. The average Bonchev–Trinajstić information content (AvgIpc) is 3.45. The molecule has 1 fully saturated rings. The first-order chi connectivity index (χ1) is 15.1. The van der Waals surface area contributed by atoms with Crippen molar-refractivity contribution in [2.75, 3.05) is 19.7 Å². The maximum atomic E-state index is 13.0. The molecule has 0 bridgehead atoms. The Morgan fingerprint density at radius 1 is 1.23 bits per heavy atom. The molecule has 0 spiro atoms. The minimum Gasteiger partial charge on any atom is -0.464 e. The van der Waals surface area contributed by atoms with Gasteiger partial charge in [0.1, 0.15) is 11.3 Å². The lowest BCUT2D eigenvalue weighted by molar-refractivity contribution is -0.139. The second-order valence-corrected chi connectivity index (χ2v) is 7.69. The molecule has 1 amide bonds. The van der Waals surface area contributed by atoms with Gasteiger partial charge >= 0.3 is 0 Å². The number of hydrogen-bond acceptors (Lipinski definition) is 7. The lowest BCUT2D eigenvalue weighted by Crippen LogP contribution is -2.43. The number of carbonyl (C=O) groups excluding carboxylic acids is 1. The van der Waals surface area contributed by atoms with E-state index in [4.69, 9.17) is 13.7 Å². The minimum absolute atomic E-state index is 0.0127. The van der Waals surface area contributed by atoms with Crippen LogP contribution in [0.3, 0.4) is 0 Å². The van der Waals surface area contributed by atoms with Gasteiger partial charge in [0.2, 0.25) is 11.7 Å². The molecule has 5 rings (SSSR count). The predicted octanol–water partition coefficient (Wildman–Crippen LogP) is 3.64. The molecule has 0 N–H and O–H groups in total. The molecule has 4 heterocycles. The van der Waals surface area contributed by atoms with Crippen LogP contribution in [0.15, 0.2) is 51.7 Å². The minimum atomic E-state index is -0.464. The Bertz CT molecular complexity index is 1230. The summed E-state index contributed by atoms with van der Waals surface area (Å²) in [5.41, 5.74) is 4.62. The van der Waals surface area contributed by atoms with Crippen molar-refractivity contribution in [3.05, 3.63) is 65.4 Å². The molecule has 0 saturated carbocycles. The van der Waals surface area contributed by atoms with Crippen molar-refractivity contribution in [2.45, 2.75) is 26.4 Å². The molecule has 31 heavy (non-hydrogen) atoms. The van der Waals surface area contributed by atoms with E-state index >= 15 is 0 Å². The molecule has 3 aromatic heterocycles. The Labute approximate surface area is 178 Å². The lowest BCUT2D eigenvalue weighted by atomic mass is 10.0. The van der Waals surface area contributed by atoms with Crippen molar-refractivity contribution in [2.24, 2.45) is 0 Å². The highest BCUT2D eigenvalue weighted by molar-refractivity contribution is 5.89. The summed E-state index contributed by atoms with van der Waals surface area (Å²) in [5, 5.41) is 4.98. The van der Waals surface area contributed by atoms with E-state index in [1.807, 2.05) is 38.1 Å². The summed E-state index contributed by atoms with van der Waals surface area (Å²) < 4.78 is 16.9. The Morgan fingerprint density at radius 2 is 2.13 bits per heavy atom. The van der Waals surface area contributed by atoms with Crippen LogP contribution in [0.1, 0.15) is 28.7 Å². The number of hydrogen-bond donors (Lipinski definition) is 0. The molecule has 158 valence electrons. The lowest BCUT2D eigenvalue weighted by Gasteiger charge is -2.31. The summed E-state index contributed by atoms with van der Waals surface area (Å²) in [7, 11) is 0. The van der Waals surface area contributed by atoms with E-state index in [9.17, 15) is 4.79 Å². The zero-order valence-electron chi connectivity index (χ0n) is 17.4. The number of fused-ring (bicyclic) bond motifs is 1. The fourth-order valence-corrected chi connectivity index (χ4v) is 3.79. The standard InChI is InChI=1S/C23H22N4O4/c1-14-6-7-17-16(13-30-21(17)15(14)2)11-20(28)27-9-10-29-19(12-27)23-25-22(26-31-23)18-5-3-4-8-24-18/h3-8,13,19H,9-12H2,1-2H3/t19-/m1/s1. The van der Waals surface area contributed by atoms with Crippen molar-refractivity contribution < 1.29 is 18.5 Å². The number of benzene rings is 1. The summed E-state index contributed by atoms with van der Waals surface area (Å²) >= 11 is 0. The SMILES string of the molecule is Cc1ccc2c(CC(=O)N3CCO[C@@H](c4nc(-c5ccccn5)no4)C3)coc2c1C. The van der Waals surface area contributed by atoms with Crippen LogP contribution in [0.25, 0.3) is 22.5 Å². The van der Waals surface area contributed by atoms with Gasteiger partial charge in [0.15, 0.2) is 6.10 Å². The second kappa shape index (κ2) is 7.96. The Kier molecular flexibility index (Phi) is 4.99. The molecule has 0 radical (unpaired) electrons. The van der Waals surface area contributed by atoms with Gasteiger partial charge in [-0.3, -0.25) is 9.78 Å². The largest absolute Gasteiger partial charge is 0.464 e. The predicted molar refractivity (Wildman–Crippen MR) is 112 cm³/mol. The Morgan fingerprint density at radius 3 is 2.97 bits per heavy atom. The number of pyridine rings is 1. The molecule has 8 nitrogen and oxygen atoms in total. The molecule has 1 aliphatic rings.